The van der Waals surface area contributed by atoms with Gasteiger partial charge in [0.25, 0.3) is 0 Å². The van der Waals surface area contributed by atoms with Gasteiger partial charge in [-0.25, -0.2) is 4.79 Å². The molecule has 4 amide bonds. The van der Waals surface area contributed by atoms with E-state index >= 15 is 0 Å². The van der Waals surface area contributed by atoms with Crippen LogP contribution in [0.1, 0.15) is 46.5 Å². The molecule has 10 N–H and O–H groups in total. The van der Waals surface area contributed by atoms with Crippen LogP contribution in [0, 0.1) is 5.92 Å². The lowest BCUT2D eigenvalue weighted by Gasteiger charge is -2.26. The molecule has 0 aromatic heterocycles. The molecule has 0 aliphatic heterocycles. The van der Waals surface area contributed by atoms with Gasteiger partial charge in [-0.1, -0.05) is 20.3 Å². The normalized spacial score (nSPS) is 16.3. The van der Waals surface area contributed by atoms with Crippen LogP contribution in [0.3, 0.4) is 0 Å². The lowest BCUT2D eigenvalue weighted by Crippen LogP contribution is -2.60. The number of carbonyl (C=O) groups excluding carboxylic acids is 4. The summed E-state index contributed by atoms with van der Waals surface area (Å²) in [5.74, 6) is -6.87. The molecule has 0 radical (unpaired) electrons. The minimum absolute atomic E-state index is 0.239. The number of primary amides is 1. The number of hydrogen-bond acceptors (Lipinski definition) is 8. The Labute approximate surface area is 190 Å². The van der Waals surface area contributed by atoms with Crippen LogP contribution in [0.5, 0.6) is 0 Å². The topological polar surface area (TPSA) is 251 Å². The summed E-state index contributed by atoms with van der Waals surface area (Å²) in [7, 11) is 0. The molecule has 0 aliphatic carbocycles. The van der Waals surface area contributed by atoms with Gasteiger partial charge >= 0.3 is 11.9 Å². The number of nitrogens with one attached hydrogen (secondary N) is 3. The Balaban J connectivity index is 5.48. The number of carboxylic acid groups (broad SMARTS) is 2. The van der Waals surface area contributed by atoms with Crippen LogP contribution in [0.2, 0.25) is 0 Å². The molecule has 0 rings (SSSR count). The predicted molar refractivity (Wildman–Crippen MR) is 113 cm³/mol. The summed E-state index contributed by atoms with van der Waals surface area (Å²) >= 11 is 0. The second kappa shape index (κ2) is 14.0. The van der Waals surface area contributed by atoms with Crippen molar-refractivity contribution in [3.05, 3.63) is 0 Å². The van der Waals surface area contributed by atoms with Crippen LogP contribution in [-0.2, 0) is 28.8 Å². The first-order valence-corrected chi connectivity index (χ1v) is 10.3. The Morgan fingerprint density at radius 1 is 0.879 bits per heavy atom. The molecule has 0 spiro atoms. The highest BCUT2D eigenvalue weighted by molar-refractivity contribution is 5.96. The Kier molecular flexibility index (Phi) is 12.6. The fourth-order valence-electron chi connectivity index (χ4n) is 2.64. The summed E-state index contributed by atoms with van der Waals surface area (Å²) in [6.07, 6.45) is -2.57. The van der Waals surface area contributed by atoms with Gasteiger partial charge in [-0.3, -0.25) is 24.0 Å². The maximum absolute atomic E-state index is 12.7. The number of aliphatic hydroxyl groups is 1. The number of amides is 4. The zero-order valence-corrected chi connectivity index (χ0v) is 18.7. The maximum atomic E-state index is 12.7. The van der Waals surface area contributed by atoms with E-state index < -0.39 is 85.1 Å². The van der Waals surface area contributed by atoms with E-state index in [0.29, 0.717) is 6.42 Å². The van der Waals surface area contributed by atoms with Gasteiger partial charge < -0.3 is 42.7 Å². The molecule has 0 saturated heterocycles. The Morgan fingerprint density at radius 2 is 1.42 bits per heavy atom. The Hall–Kier alpha value is -3.26. The molecule has 0 heterocycles. The number of nitrogens with two attached hydrogens (primary N) is 2. The van der Waals surface area contributed by atoms with Gasteiger partial charge in [0, 0.05) is 6.42 Å². The summed E-state index contributed by atoms with van der Waals surface area (Å²) < 4.78 is 0. The SMILES string of the molecule is CCC(C)C(N)C(=O)NC(CC(N)=O)C(=O)NC(C(=O)NC(CCC(=O)O)C(=O)O)C(C)O. The van der Waals surface area contributed by atoms with Crippen molar-refractivity contribution in [1.82, 2.24) is 16.0 Å². The highest BCUT2D eigenvalue weighted by Crippen LogP contribution is 2.07. The highest BCUT2D eigenvalue weighted by atomic mass is 16.4. The van der Waals surface area contributed by atoms with Crippen molar-refractivity contribution in [2.24, 2.45) is 17.4 Å². The summed E-state index contributed by atoms with van der Waals surface area (Å²) in [5, 5.41) is 34.3. The van der Waals surface area contributed by atoms with Crippen molar-refractivity contribution in [2.45, 2.75) is 76.7 Å². The molecule has 188 valence electrons. The highest BCUT2D eigenvalue weighted by Gasteiger charge is 2.33. The molecule has 6 atom stereocenters. The molecular formula is C19H33N5O9. The zero-order valence-electron chi connectivity index (χ0n) is 18.7. The van der Waals surface area contributed by atoms with E-state index in [9.17, 15) is 39.0 Å². The average molecular weight is 475 g/mol. The lowest BCUT2D eigenvalue weighted by molar-refractivity contribution is -0.144. The van der Waals surface area contributed by atoms with Crippen LogP contribution in [0.4, 0.5) is 0 Å². The third-order valence-electron chi connectivity index (χ3n) is 4.92. The van der Waals surface area contributed by atoms with Gasteiger partial charge in [0.05, 0.1) is 18.6 Å². The monoisotopic (exact) mass is 475 g/mol. The summed E-state index contributed by atoms with van der Waals surface area (Å²) in [6.45, 7) is 4.65. The zero-order chi connectivity index (χ0) is 25.9. The van der Waals surface area contributed by atoms with Crippen molar-refractivity contribution >= 4 is 35.6 Å². The van der Waals surface area contributed by atoms with Gasteiger partial charge in [-0.05, 0) is 19.3 Å². The largest absolute Gasteiger partial charge is 0.481 e. The Morgan fingerprint density at radius 3 is 1.85 bits per heavy atom. The number of aliphatic carboxylic acids is 2. The summed E-state index contributed by atoms with van der Waals surface area (Å²) in [6, 6.07) is -5.78. The van der Waals surface area contributed by atoms with Crippen molar-refractivity contribution in [1.29, 1.82) is 0 Å². The second-order valence-electron chi connectivity index (χ2n) is 7.70. The van der Waals surface area contributed by atoms with E-state index in [1.54, 1.807) is 13.8 Å². The third kappa shape index (κ3) is 10.7. The average Bonchev–Trinajstić information content (AvgIpc) is 2.71. The lowest BCUT2D eigenvalue weighted by atomic mass is 9.99. The van der Waals surface area contributed by atoms with E-state index in [-0.39, 0.29) is 5.92 Å². The molecular weight excluding hydrogens is 442 g/mol. The number of rotatable bonds is 15. The van der Waals surface area contributed by atoms with Gasteiger partial charge in [-0.15, -0.1) is 0 Å². The molecule has 0 fully saturated rings. The quantitative estimate of drug-likeness (QED) is 0.119. The molecule has 14 nitrogen and oxygen atoms in total. The van der Waals surface area contributed by atoms with E-state index in [0.717, 1.165) is 6.92 Å². The minimum atomic E-state index is -1.68. The Bertz CT molecular complexity index is 743. The molecule has 33 heavy (non-hydrogen) atoms. The fourth-order valence-corrected chi connectivity index (χ4v) is 2.64. The van der Waals surface area contributed by atoms with Crippen LogP contribution in [0.25, 0.3) is 0 Å². The first kappa shape index (κ1) is 29.7. The standard InChI is InChI=1S/C19H33N5O9/c1-4-8(2)14(21)17(30)23-11(7-12(20)26)16(29)24-15(9(3)25)18(31)22-10(19(32)33)5-6-13(27)28/h8-11,14-15,25H,4-7,21H2,1-3H3,(H2,20,26)(H,22,31)(H,23,30)(H,24,29)(H,27,28)(H,32,33). The first-order chi connectivity index (χ1) is 15.2. The van der Waals surface area contributed by atoms with Gasteiger partial charge in [0.15, 0.2) is 0 Å². The first-order valence-electron chi connectivity index (χ1n) is 10.3. The van der Waals surface area contributed by atoms with Crippen molar-refractivity contribution in [2.75, 3.05) is 0 Å². The molecule has 0 aromatic carbocycles. The molecule has 0 bridgehead atoms. The minimum Gasteiger partial charge on any atom is -0.481 e. The van der Waals surface area contributed by atoms with E-state index in [1.165, 1.54) is 0 Å². The number of aliphatic hydroxyl groups excluding tert-OH is 1. The molecule has 0 aliphatic rings. The molecule has 6 unspecified atom stereocenters. The molecule has 0 saturated carbocycles. The molecule has 0 aromatic rings. The van der Waals surface area contributed by atoms with Crippen molar-refractivity contribution in [3.8, 4) is 0 Å². The van der Waals surface area contributed by atoms with Crippen LogP contribution >= 0.6 is 0 Å². The molecule has 14 heteroatoms. The maximum Gasteiger partial charge on any atom is 0.326 e. The van der Waals surface area contributed by atoms with Gasteiger partial charge in [0.1, 0.15) is 18.1 Å². The van der Waals surface area contributed by atoms with E-state index in [4.69, 9.17) is 16.6 Å². The van der Waals surface area contributed by atoms with E-state index in [2.05, 4.69) is 10.6 Å². The third-order valence-corrected chi connectivity index (χ3v) is 4.92. The number of carbonyl (C=O) groups is 6. The van der Waals surface area contributed by atoms with Crippen LogP contribution in [0.15, 0.2) is 0 Å². The van der Waals surface area contributed by atoms with Gasteiger partial charge in [0.2, 0.25) is 23.6 Å². The predicted octanol–water partition coefficient (Wildman–Crippen LogP) is -2.98. The van der Waals surface area contributed by atoms with Crippen molar-refractivity contribution < 1.29 is 44.1 Å². The fraction of sp³-hybridized carbons (Fsp3) is 0.684. The summed E-state index contributed by atoms with van der Waals surface area (Å²) in [5.41, 5.74) is 11.0. The van der Waals surface area contributed by atoms with Crippen LogP contribution in [-0.4, -0.2) is 81.2 Å². The van der Waals surface area contributed by atoms with Crippen LogP contribution < -0.4 is 27.4 Å². The van der Waals surface area contributed by atoms with E-state index in [1.807, 2.05) is 5.32 Å². The second-order valence-corrected chi connectivity index (χ2v) is 7.70. The number of hydrogen-bond donors (Lipinski definition) is 8. The van der Waals surface area contributed by atoms with Crippen molar-refractivity contribution in [3.63, 3.8) is 0 Å². The van der Waals surface area contributed by atoms with Gasteiger partial charge in [-0.2, -0.15) is 0 Å². The smallest absolute Gasteiger partial charge is 0.326 e. The summed E-state index contributed by atoms with van der Waals surface area (Å²) in [4.78, 5) is 70.8. The number of carboxylic acids is 2.